The topological polar surface area (TPSA) is 92.5 Å². The van der Waals surface area contributed by atoms with Gasteiger partial charge in [-0.3, -0.25) is 10.1 Å². The molecule has 0 saturated carbocycles. The highest BCUT2D eigenvalue weighted by Gasteiger charge is 2.24. The van der Waals surface area contributed by atoms with Crippen LogP contribution in [0.25, 0.3) is 0 Å². The van der Waals surface area contributed by atoms with Crippen LogP contribution >= 0.6 is 0 Å². The van der Waals surface area contributed by atoms with Crippen LogP contribution in [-0.4, -0.2) is 44.9 Å². The van der Waals surface area contributed by atoms with E-state index in [-0.39, 0.29) is 16.5 Å². The fraction of sp³-hybridized carbons (Fsp3) is 0.600. The molecule has 2 rings (SSSR count). The van der Waals surface area contributed by atoms with Crippen molar-refractivity contribution in [3.63, 3.8) is 0 Å². The standard InChI is InChI=1S/C15H23N3O4S/c1-11-7-14(18(19)20)8-15(12(11)2)23(21,22)16-9-13-5-4-6-17(3)10-13/h7-8,13,16H,4-6,9-10H2,1-3H3. The second-order valence-corrected chi connectivity index (χ2v) is 8.00. The number of nitro groups is 1. The molecule has 23 heavy (non-hydrogen) atoms. The van der Waals surface area contributed by atoms with Gasteiger partial charge in [0.25, 0.3) is 5.69 Å². The molecule has 8 heteroatoms. The molecule has 0 aliphatic carbocycles. The third-order valence-corrected chi connectivity index (χ3v) is 5.94. The average Bonchev–Trinajstić information content (AvgIpc) is 2.47. The first kappa shape index (κ1) is 17.8. The second-order valence-electron chi connectivity index (χ2n) is 6.27. The van der Waals surface area contributed by atoms with Gasteiger partial charge in [-0.15, -0.1) is 0 Å². The quantitative estimate of drug-likeness (QED) is 0.651. The van der Waals surface area contributed by atoms with E-state index in [0.717, 1.165) is 32.0 Å². The summed E-state index contributed by atoms with van der Waals surface area (Å²) in [6.45, 7) is 5.59. The number of nitro benzene ring substituents is 1. The largest absolute Gasteiger partial charge is 0.306 e. The van der Waals surface area contributed by atoms with Crippen molar-refractivity contribution in [3.05, 3.63) is 33.4 Å². The smallest absolute Gasteiger partial charge is 0.271 e. The molecule has 1 unspecified atom stereocenters. The first-order valence-corrected chi connectivity index (χ1v) is 9.13. The molecule has 1 fully saturated rings. The number of piperidine rings is 1. The molecule has 1 saturated heterocycles. The van der Waals surface area contributed by atoms with Gasteiger partial charge in [0.2, 0.25) is 10.0 Å². The van der Waals surface area contributed by atoms with E-state index >= 15 is 0 Å². The molecule has 1 atom stereocenters. The van der Waals surface area contributed by atoms with Crippen LogP contribution in [0.4, 0.5) is 5.69 Å². The van der Waals surface area contributed by atoms with Gasteiger partial charge in [-0.1, -0.05) is 0 Å². The number of nitrogens with one attached hydrogen (secondary N) is 1. The van der Waals surface area contributed by atoms with Crippen LogP contribution in [0.2, 0.25) is 0 Å². The minimum absolute atomic E-state index is 0.00614. The molecule has 0 radical (unpaired) electrons. The molecule has 1 aromatic carbocycles. The number of benzene rings is 1. The molecule has 1 aromatic rings. The zero-order chi connectivity index (χ0) is 17.2. The lowest BCUT2D eigenvalue weighted by Crippen LogP contribution is -2.39. The lowest BCUT2D eigenvalue weighted by atomic mass is 9.99. The Labute approximate surface area is 136 Å². The molecule has 128 valence electrons. The van der Waals surface area contributed by atoms with E-state index < -0.39 is 14.9 Å². The maximum Gasteiger partial charge on any atom is 0.271 e. The summed E-state index contributed by atoms with van der Waals surface area (Å²) >= 11 is 0. The highest BCUT2D eigenvalue weighted by molar-refractivity contribution is 7.89. The Bertz CT molecular complexity index is 703. The van der Waals surface area contributed by atoms with E-state index in [0.29, 0.717) is 17.7 Å². The van der Waals surface area contributed by atoms with Crippen molar-refractivity contribution in [3.8, 4) is 0 Å². The van der Waals surface area contributed by atoms with E-state index in [2.05, 4.69) is 9.62 Å². The van der Waals surface area contributed by atoms with Crippen molar-refractivity contribution in [2.45, 2.75) is 31.6 Å². The predicted molar refractivity (Wildman–Crippen MR) is 88.0 cm³/mol. The monoisotopic (exact) mass is 341 g/mol. The van der Waals surface area contributed by atoms with Gasteiger partial charge in [0.05, 0.1) is 9.82 Å². The third-order valence-electron chi connectivity index (χ3n) is 4.39. The molecule has 0 amide bonds. The highest BCUT2D eigenvalue weighted by Crippen LogP contribution is 2.25. The molecule has 7 nitrogen and oxygen atoms in total. The lowest BCUT2D eigenvalue weighted by molar-refractivity contribution is -0.385. The van der Waals surface area contributed by atoms with E-state index in [9.17, 15) is 18.5 Å². The van der Waals surface area contributed by atoms with Crippen molar-refractivity contribution < 1.29 is 13.3 Å². The van der Waals surface area contributed by atoms with Gasteiger partial charge in [0.1, 0.15) is 0 Å². The molecule has 0 bridgehead atoms. The van der Waals surface area contributed by atoms with Gasteiger partial charge in [-0.05, 0) is 57.3 Å². The molecule has 0 aromatic heterocycles. The molecule has 1 aliphatic rings. The summed E-state index contributed by atoms with van der Waals surface area (Å²) in [6, 6.07) is 2.53. The number of sulfonamides is 1. The maximum atomic E-state index is 12.6. The first-order valence-electron chi connectivity index (χ1n) is 7.64. The number of rotatable bonds is 5. The Balaban J connectivity index is 2.20. The van der Waals surface area contributed by atoms with Gasteiger partial charge in [0.15, 0.2) is 0 Å². The van der Waals surface area contributed by atoms with E-state index in [1.807, 2.05) is 7.05 Å². The number of nitrogens with zero attached hydrogens (tertiary/aromatic N) is 2. The summed E-state index contributed by atoms with van der Waals surface area (Å²) in [5, 5.41) is 11.0. The lowest BCUT2D eigenvalue weighted by Gasteiger charge is -2.29. The van der Waals surface area contributed by atoms with Crippen LogP contribution in [0.5, 0.6) is 0 Å². The van der Waals surface area contributed by atoms with Crippen molar-refractivity contribution >= 4 is 15.7 Å². The normalized spacial score (nSPS) is 19.7. The SMILES string of the molecule is Cc1cc([N+](=O)[O-])cc(S(=O)(=O)NCC2CCCN(C)C2)c1C. The molecule has 0 spiro atoms. The Morgan fingerprint density at radius 1 is 1.39 bits per heavy atom. The van der Waals surface area contributed by atoms with Crippen LogP contribution in [0, 0.1) is 29.9 Å². The molecule has 1 heterocycles. The van der Waals surface area contributed by atoms with Crippen molar-refractivity contribution in [2.75, 3.05) is 26.7 Å². The zero-order valence-corrected chi connectivity index (χ0v) is 14.5. The minimum Gasteiger partial charge on any atom is -0.306 e. The summed E-state index contributed by atoms with van der Waals surface area (Å²) in [4.78, 5) is 12.6. The Morgan fingerprint density at radius 2 is 2.09 bits per heavy atom. The van der Waals surface area contributed by atoms with Crippen LogP contribution in [0.3, 0.4) is 0 Å². The summed E-state index contributed by atoms with van der Waals surface area (Å²) in [7, 11) is -1.74. The van der Waals surface area contributed by atoms with E-state index in [4.69, 9.17) is 0 Å². The predicted octanol–water partition coefficient (Wildman–Crippen LogP) is 1.83. The maximum absolute atomic E-state index is 12.6. The Hall–Kier alpha value is -1.51. The zero-order valence-electron chi connectivity index (χ0n) is 13.7. The number of likely N-dealkylation sites (tertiary alicyclic amines) is 1. The van der Waals surface area contributed by atoms with Crippen LogP contribution in [0.1, 0.15) is 24.0 Å². The van der Waals surface area contributed by atoms with Gasteiger partial charge >= 0.3 is 0 Å². The molecular weight excluding hydrogens is 318 g/mol. The van der Waals surface area contributed by atoms with Gasteiger partial charge in [-0.2, -0.15) is 0 Å². The average molecular weight is 341 g/mol. The fourth-order valence-electron chi connectivity index (χ4n) is 2.94. The van der Waals surface area contributed by atoms with Crippen molar-refractivity contribution in [2.24, 2.45) is 5.92 Å². The van der Waals surface area contributed by atoms with E-state index in [1.54, 1.807) is 13.8 Å². The fourth-order valence-corrected chi connectivity index (χ4v) is 4.39. The molecule has 1 aliphatic heterocycles. The van der Waals surface area contributed by atoms with Gasteiger partial charge in [0, 0.05) is 25.2 Å². The number of non-ortho nitro benzene ring substituents is 1. The van der Waals surface area contributed by atoms with Crippen molar-refractivity contribution in [1.82, 2.24) is 9.62 Å². The first-order chi connectivity index (χ1) is 10.7. The summed E-state index contributed by atoms with van der Waals surface area (Å²) < 4.78 is 27.7. The van der Waals surface area contributed by atoms with Gasteiger partial charge < -0.3 is 4.90 Å². The third kappa shape index (κ3) is 4.27. The summed E-state index contributed by atoms with van der Waals surface area (Å²) in [5.41, 5.74) is 0.937. The number of aryl methyl sites for hydroxylation is 1. The molecular formula is C15H23N3O4S. The van der Waals surface area contributed by atoms with Crippen LogP contribution in [-0.2, 0) is 10.0 Å². The highest BCUT2D eigenvalue weighted by atomic mass is 32.2. The number of hydrogen-bond donors (Lipinski definition) is 1. The molecule has 1 N–H and O–H groups in total. The Kier molecular flexibility index (Phi) is 5.38. The second kappa shape index (κ2) is 6.94. The van der Waals surface area contributed by atoms with E-state index in [1.165, 1.54) is 6.07 Å². The van der Waals surface area contributed by atoms with Gasteiger partial charge in [-0.25, -0.2) is 13.1 Å². The van der Waals surface area contributed by atoms with Crippen LogP contribution in [0.15, 0.2) is 17.0 Å². The van der Waals surface area contributed by atoms with Crippen LogP contribution < -0.4 is 4.72 Å². The van der Waals surface area contributed by atoms with Crippen molar-refractivity contribution in [1.29, 1.82) is 0 Å². The Morgan fingerprint density at radius 3 is 2.70 bits per heavy atom. The minimum atomic E-state index is -3.76. The summed E-state index contributed by atoms with van der Waals surface area (Å²) in [5.74, 6) is 0.267. The number of hydrogen-bond acceptors (Lipinski definition) is 5. The summed E-state index contributed by atoms with van der Waals surface area (Å²) in [6.07, 6.45) is 2.04.